The van der Waals surface area contributed by atoms with Crippen LogP contribution in [0, 0.1) is 0 Å². The van der Waals surface area contributed by atoms with E-state index in [4.69, 9.17) is 10.2 Å². The van der Waals surface area contributed by atoms with Gasteiger partial charge in [-0.05, 0) is 35.8 Å². The molecule has 2 atom stereocenters. The van der Waals surface area contributed by atoms with Gasteiger partial charge in [0, 0.05) is 24.3 Å². The lowest BCUT2D eigenvalue weighted by Crippen LogP contribution is -2.34. The maximum atomic E-state index is 9.01. The van der Waals surface area contributed by atoms with Crippen LogP contribution in [0.5, 0.6) is 0 Å². The zero-order valence-corrected chi connectivity index (χ0v) is 14.8. The Morgan fingerprint density at radius 1 is 0.833 bits per heavy atom. The molecule has 0 saturated carbocycles. The summed E-state index contributed by atoms with van der Waals surface area (Å²) in [5.74, 6) is 1.03. The van der Waals surface area contributed by atoms with Crippen molar-refractivity contribution < 1.29 is 19.3 Å². The molecule has 0 amide bonds. The Hall–Kier alpha value is -1.78. The van der Waals surface area contributed by atoms with Crippen molar-refractivity contribution in [2.24, 2.45) is 0 Å². The minimum Gasteiger partial charge on any atom is -0.390 e. The number of hydrogen-bond donors (Lipinski definition) is 2. The molecule has 0 radical (unpaired) electrons. The molecule has 130 valence electrons. The van der Waals surface area contributed by atoms with Gasteiger partial charge in [0.1, 0.15) is 13.2 Å². The highest BCUT2D eigenvalue weighted by Crippen LogP contribution is 2.31. The Bertz CT molecular complexity index is 596. The highest BCUT2D eigenvalue weighted by Gasteiger charge is 2.17. The predicted molar refractivity (Wildman–Crippen MR) is 93.5 cm³/mol. The first-order chi connectivity index (χ1) is 11.7. The van der Waals surface area contributed by atoms with Crippen molar-refractivity contribution in [2.75, 3.05) is 13.2 Å². The summed E-state index contributed by atoms with van der Waals surface area (Å²) in [6, 6.07) is 8.67. The summed E-state index contributed by atoms with van der Waals surface area (Å²) in [4.78, 5) is 0. The molecule has 0 aromatic carbocycles. The van der Waals surface area contributed by atoms with E-state index in [9.17, 15) is 0 Å². The molecular weight excluding hydrogens is 300 g/mol. The maximum absolute atomic E-state index is 9.01. The number of aliphatic hydroxyl groups excluding tert-OH is 2. The molecule has 0 aliphatic heterocycles. The average Bonchev–Trinajstić information content (AvgIpc) is 2.61. The number of hydrogen-bond acceptors (Lipinski definition) is 2. The van der Waals surface area contributed by atoms with E-state index in [1.54, 1.807) is 0 Å². The van der Waals surface area contributed by atoms with Crippen molar-refractivity contribution in [1.29, 1.82) is 0 Å². The summed E-state index contributed by atoms with van der Waals surface area (Å²) in [6.07, 6.45) is 10.4. The topological polar surface area (TPSA) is 48.2 Å². The van der Waals surface area contributed by atoms with Crippen LogP contribution < -0.4 is 9.13 Å². The van der Waals surface area contributed by atoms with E-state index in [1.807, 2.05) is 21.5 Å². The fraction of sp³-hybridized carbons (Fsp3) is 0.500. The number of nitrogens with zero attached hydrogens (tertiary/aromatic N) is 2. The van der Waals surface area contributed by atoms with Gasteiger partial charge in [0.25, 0.3) is 0 Å². The van der Waals surface area contributed by atoms with Crippen molar-refractivity contribution in [2.45, 2.75) is 51.6 Å². The lowest BCUT2D eigenvalue weighted by Gasteiger charge is -2.20. The van der Waals surface area contributed by atoms with Crippen LogP contribution in [0.3, 0.4) is 0 Å². The van der Waals surface area contributed by atoms with Gasteiger partial charge in [0.15, 0.2) is 37.9 Å². The average molecular weight is 330 g/mol. The fourth-order valence-corrected chi connectivity index (χ4v) is 3.17. The van der Waals surface area contributed by atoms with Crippen LogP contribution >= 0.6 is 0 Å². The molecule has 0 aliphatic rings. The molecule has 0 fully saturated rings. The lowest BCUT2D eigenvalue weighted by molar-refractivity contribution is -0.698. The summed E-state index contributed by atoms with van der Waals surface area (Å²) in [7, 11) is 0. The van der Waals surface area contributed by atoms with Crippen LogP contribution in [0.4, 0.5) is 0 Å². The summed E-state index contributed by atoms with van der Waals surface area (Å²) in [5, 5.41) is 18.0. The Kier molecular flexibility index (Phi) is 7.35. The monoisotopic (exact) mass is 330 g/mol. The third-order valence-electron chi connectivity index (χ3n) is 4.72. The number of aliphatic hydroxyl groups is 2. The molecule has 2 N–H and O–H groups in total. The van der Waals surface area contributed by atoms with Crippen LogP contribution in [0.1, 0.15) is 49.7 Å². The molecule has 2 rings (SSSR count). The highest BCUT2D eigenvalue weighted by atomic mass is 16.3. The molecule has 2 heterocycles. The first-order valence-corrected chi connectivity index (χ1v) is 8.87. The largest absolute Gasteiger partial charge is 0.390 e. The molecule has 24 heavy (non-hydrogen) atoms. The van der Waals surface area contributed by atoms with Crippen LogP contribution in [0.25, 0.3) is 0 Å². The molecule has 0 saturated heterocycles. The van der Waals surface area contributed by atoms with E-state index in [0.717, 1.165) is 12.8 Å². The Morgan fingerprint density at radius 3 is 1.71 bits per heavy atom. The predicted octanol–water partition coefficient (Wildman–Crippen LogP) is 1.93. The second-order valence-electron chi connectivity index (χ2n) is 6.43. The number of rotatable bonds is 9. The van der Waals surface area contributed by atoms with Crippen molar-refractivity contribution in [3.05, 3.63) is 60.2 Å². The Labute approximate surface area is 145 Å². The number of pyridine rings is 2. The maximum Gasteiger partial charge on any atom is 0.171 e. The number of aromatic nitrogens is 2. The molecule has 0 spiro atoms. The van der Waals surface area contributed by atoms with Crippen LogP contribution in [0.15, 0.2) is 49.1 Å². The van der Waals surface area contributed by atoms with Gasteiger partial charge in [0.2, 0.25) is 0 Å². The van der Waals surface area contributed by atoms with Crippen molar-refractivity contribution in [1.82, 2.24) is 0 Å². The van der Waals surface area contributed by atoms with Crippen molar-refractivity contribution in [3.8, 4) is 0 Å². The molecule has 0 bridgehead atoms. The highest BCUT2D eigenvalue weighted by molar-refractivity contribution is 5.18. The zero-order valence-electron chi connectivity index (χ0n) is 14.8. The summed E-state index contributed by atoms with van der Waals surface area (Å²) in [6.45, 7) is 6.15. The van der Waals surface area contributed by atoms with Gasteiger partial charge in [-0.25, -0.2) is 9.13 Å². The minimum absolute atomic E-state index is 0.168. The van der Waals surface area contributed by atoms with Gasteiger partial charge in [-0.1, -0.05) is 13.8 Å². The van der Waals surface area contributed by atoms with Gasteiger partial charge in [-0.2, -0.15) is 0 Å². The Morgan fingerprint density at radius 2 is 1.29 bits per heavy atom. The lowest BCUT2D eigenvalue weighted by atomic mass is 9.85. The van der Waals surface area contributed by atoms with Crippen molar-refractivity contribution >= 4 is 0 Å². The van der Waals surface area contributed by atoms with Gasteiger partial charge in [0.05, 0.1) is 0 Å². The third kappa shape index (κ3) is 5.11. The summed E-state index contributed by atoms with van der Waals surface area (Å²) in [5.41, 5.74) is 2.71. The van der Waals surface area contributed by atoms with Gasteiger partial charge in [-0.3, -0.25) is 0 Å². The minimum atomic E-state index is 0.168. The van der Waals surface area contributed by atoms with E-state index in [-0.39, 0.29) is 13.2 Å². The van der Waals surface area contributed by atoms with E-state index < -0.39 is 0 Å². The molecule has 4 heteroatoms. The first-order valence-electron chi connectivity index (χ1n) is 8.87. The molecule has 2 unspecified atom stereocenters. The third-order valence-corrected chi connectivity index (χ3v) is 4.72. The Balaban J connectivity index is 2.02. The first kappa shape index (κ1) is 18.6. The molecule has 0 aliphatic carbocycles. The molecule has 2 aromatic heterocycles. The van der Waals surface area contributed by atoms with Gasteiger partial charge in [-0.15, -0.1) is 0 Å². The van der Waals surface area contributed by atoms with Gasteiger partial charge >= 0.3 is 0 Å². The van der Waals surface area contributed by atoms with E-state index in [1.165, 1.54) is 11.1 Å². The SMILES string of the molecule is CCC(CC(C)c1cc[n+](CCO)cc1)c1cc[n+](CCO)cc1. The zero-order chi connectivity index (χ0) is 17.4. The second kappa shape index (κ2) is 9.50. The standard InChI is InChI=1S/C20H30N2O2/c1-3-18(20-6-10-22(11-7-20)13-15-24)16-17(2)19-4-8-21(9-5-19)12-14-23/h4-11,17-18,23-24H,3,12-16H2,1-2H3/q+2. The van der Waals surface area contributed by atoms with E-state index >= 15 is 0 Å². The van der Waals surface area contributed by atoms with E-state index in [2.05, 4.69) is 50.5 Å². The second-order valence-corrected chi connectivity index (χ2v) is 6.43. The molecular formula is C20H30N2O2+2. The van der Waals surface area contributed by atoms with Crippen LogP contribution in [-0.4, -0.2) is 23.4 Å². The molecule has 2 aromatic rings. The van der Waals surface area contributed by atoms with Gasteiger partial charge < -0.3 is 10.2 Å². The normalized spacial score (nSPS) is 13.7. The van der Waals surface area contributed by atoms with Crippen LogP contribution in [0.2, 0.25) is 0 Å². The van der Waals surface area contributed by atoms with Crippen molar-refractivity contribution in [3.63, 3.8) is 0 Å². The summed E-state index contributed by atoms with van der Waals surface area (Å²) < 4.78 is 4.02. The smallest absolute Gasteiger partial charge is 0.171 e. The van der Waals surface area contributed by atoms with E-state index in [0.29, 0.717) is 24.9 Å². The van der Waals surface area contributed by atoms with Crippen LogP contribution in [-0.2, 0) is 13.1 Å². The summed E-state index contributed by atoms with van der Waals surface area (Å²) >= 11 is 0. The molecule has 4 nitrogen and oxygen atoms in total. The fourth-order valence-electron chi connectivity index (χ4n) is 3.17. The quantitative estimate of drug-likeness (QED) is 0.690.